The van der Waals surface area contributed by atoms with Gasteiger partial charge in [-0.3, -0.25) is 0 Å². The molecule has 21 heavy (non-hydrogen) atoms. The van der Waals surface area contributed by atoms with Gasteiger partial charge in [0.15, 0.2) is 0 Å². The molecule has 1 atom stereocenters. The Morgan fingerprint density at radius 2 is 1.90 bits per heavy atom. The van der Waals surface area contributed by atoms with Gasteiger partial charge in [-0.1, -0.05) is 23.2 Å². The lowest BCUT2D eigenvalue weighted by atomic mass is 10.1. The Balaban J connectivity index is 2.17. The normalized spacial score (nSPS) is 12.2. The summed E-state index contributed by atoms with van der Waals surface area (Å²) in [6.07, 6.45) is 0.646. The van der Waals surface area contributed by atoms with Crippen LogP contribution in [0, 0.1) is 5.82 Å². The third-order valence-electron chi connectivity index (χ3n) is 2.96. The van der Waals surface area contributed by atoms with Gasteiger partial charge in [-0.25, -0.2) is 4.39 Å². The van der Waals surface area contributed by atoms with Crippen LogP contribution >= 0.6 is 23.2 Å². The van der Waals surface area contributed by atoms with Crippen LogP contribution in [0.3, 0.4) is 0 Å². The Hall–Kier alpha value is -1.29. The molecular weight excluding hydrogens is 312 g/mol. The molecule has 2 N–H and O–H groups in total. The first kappa shape index (κ1) is 16.1. The Labute approximate surface area is 133 Å². The molecule has 1 unspecified atom stereocenters. The van der Waals surface area contributed by atoms with Gasteiger partial charge in [0.2, 0.25) is 0 Å². The highest BCUT2D eigenvalue weighted by atomic mass is 35.5. The minimum absolute atomic E-state index is 0.0106. The highest BCUT2D eigenvalue weighted by Gasteiger charge is 2.09. The molecule has 0 aliphatic rings. The molecule has 2 nitrogen and oxygen atoms in total. The summed E-state index contributed by atoms with van der Waals surface area (Å²) in [5, 5.41) is 1.10. The Bertz CT molecular complexity index is 632. The molecule has 0 saturated carbocycles. The zero-order valence-corrected chi connectivity index (χ0v) is 13.1. The lowest BCUT2D eigenvalue weighted by Crippen LogP contribution is -2.18. The van der Waals surface area contributed by atoms with Gasteiger partial charge in [0, 0.05) is 21.7 Å². The lowest BCUT2D eigenvalue weighted by molar-refractivity contribution is 0.302. The third-order valence-corrected chi connectivity index (χ3v) is 3.56. The van der Waals surface area contributed by atoms with Crippen molar-refractivity contribution >= 4 is 23.2 Å². The number of nitrogens with two attached hydrogens (primary N) is 1. The van der Waals surface area contributed by atoms with Gasteiger partial charge >= 0.3 is 0 Å². The van der Waals surface area contributed by atoms with Crippen LogP contribution < -0.4 is 10.5 Å². The summed E-state index contributed by atoms with van der Waals surface area (Å²) >= 11 is 12.0. The van der Waals surface area contributed by atoms with Crippen molar-refractivity contribution in [1.29, 1.82) is 0 Å². The first-order valence-electron chi connectivity index (χ1n) is 6.56. The molecule has 0 aromatic heterocycles. The molecule has 2 aromatic carbocycles. The zero-order chi connectivity index (χ0) is 15.4. The number of rotatable bonds is 5. The SMILES string of the molecule is CC(N)Cc1cc(Cl)ccc1OCc1cc(F)ccc1Cl. The Kier molecular flexibility index (Phi) is 5.45. The summed E-state index contributed by atoms with van der Waals surface area (Å²) in [4.78, 5) is 0. The second-order valence-corrected chi connectivity index (χ2v) is 5.80. The van der Waals surface area contributed by atoms with Crippen molar-refractivity contribution in [3.05, 3.63) is 63.4 Å². The Morgan fingerprint density at radius 1 is 1.14 bits per heavy atom. The van der Waals surface area contributed by atoms with Crippen molar-refractivity contribution in [3.63, 3.8) is 0 Å². The average molecular weight is 328 g/mol. The van der Waals surface area contributed by atoms with Crippen LogP contribution in [-0.2, 0) is 13.0 Å². The number of halogens is 3. The quantitative estimate of drug-likeness (QED) is 0.870. The fourth-order valence-corrected chi connectivity index (χ4v) is 2.37. The van der Waals surface area contributed by atoms with Gasteiger partial charge in [0.25, 0.3) is 0 Å². The standard InChI is InChI=1S/C16H16Cl2FNO/c1-10(20)6-11-7-13(17)2-5-16(11)21-9-12-8-14(19)3-4-15(12)18/h2-5,7-8,10H,6,9,20H2,1H3. The van der Waals surface area contributed by atoms with Crippen LogP contribution in [0.15, 0.2) is 36.4 Å². The van der Waals surface area contributed by atoms with Crippen LogP contribution in [0.4, 0.5) is 4.39 Å². The maximum absolute atomic E-state index is 13.2. The van der Waals surface area contributed by atoms with E-state index in [1.165, 1.54) is 18.2 Å². The Morgan fingerprint density at radius 3 is 2.62 bits per heavy atom. The van der Waals surface area contributed by atoms with E-state index in [9.17, 15) is 4.39 Å². The zero-order valence-electron chi connectivity index (χ0n) is 11.6. The van der Waals surface area contributed by atoms with Crippen molar-refractivity contribution in [1.82, 2.24) is 0 Å². The molecule has 0 radical (unpaired) electrons. The van der Waals surface area contributed by atoms with Gasteiger partial charge in [-0.05, 0) is 55.3 Å². The summed E-state index contributed by atoms with van der Waals surface area (Å²) < 4.78 is 19.0. The van der Waals surface area contributed by atoms with Crippen molar-refractivity contribution in [2.24, 2.45) is 5.73 Å². The van der Waals surface area contributed by atoms with Crippen LogP contribution in [0.1, 0.15) is 18.1 Å². The van der Waals surface area contributed by atoms with Gasteiger partial charge in [-0.2, -0.15) is 0 Å². The second kappa shape index (κ2) is 7.12. The smallest absolute Gasteiger partial charge is 0.123 e. The van der Waals surface area contributed by atoms with E-state index in [-0.39, 0.29) is 18.5 Å². The topological polar surface area (TPSA) is 35.2 Å². The first-order chi connectivity index (χ1) is 9.95. The monoisotopic (exact) mass is 327 g/mol. The van der Waals surface area contributed by atoms with E-state index < -0.39 is 0 Å². The van der Waals surface area contributed by atoms with Crippen molar-refractivity contribution in [3.8, 4) is 5.75 Å². The summed E-state index contributed by atoms with van der Waals surface area (Å²) in [5.74, 6) is 0.335. The van der Waals surface area contributed by atoms with Crippen LogP contribution in [0.25, 0.3) is 0 Å². The number of ether oxygens (including phenoxy) is 1. The molecule has 0 amide bonds. The molecule has 0 spiro atoms. The van der Waals surface area contributed by atoms with Gasteiger partial charge in [-0.15, -0.1) is 0 Å². The van der Waals surface area contributed by atoms with Crippen molar-refractivity contribution in [2.45, 2.75) is 26.0 Å². The fourth-order valence-electron chi connectivity index (χ4n) is 2.00. The van der Waals surface area contributed by atoms with Crippen molar-refractivity contribution < 1.29 is 9.13 Å². The highest BCUT2D eigenvalue weighted by molar-refractivity contribution is 6.31. The van der Waals surface area contributed by atoms with E-state index >= 15 is 0 Å². The number of hydrogen-bond donors (Lipinski definition) is 1. The average Bonchev–Trinajstić information content (AvgIpc) is 2.41. The van der Waals surface area contributed by atoms with Crippen LogP contribution in [0.5, 0.6) is 5.75 Å². The predicted octanol–water partition coefficient (Wildman–Crippen LogP) is 4.60. The molecule has 0 heterocycles. The lowest BCUT2D eigenvalue weighted by Gasteiger charge is -2.14. The molecule has 0 saturated heterocycles. The van der Waals surface area contributed by atoms with E-state index in [4.69, 9.17) is 33.7 Å². The minimum atomic E-state index is -0.343. The molecule has 0 bridgehead atoms. The summed E-state index contributed by atoms with van der Waals surface area (Å²) in [7, 11) is 0. The van der Waals surface area contributed by atoms with E-state index in [0.717, 1.165) is 5.56 Å². The summed E-state index contributed by atoms with van der Waals surface area (Å²) in [6, 6.07) is 9.54. The highest BCUT2D eigenvalue weighted by Crippen LogP contribution is 2.26. The number of hydrogen-bond acceptors (Lipinski definition) is 2. The maximum atomic E-state index is 13.2. The van der Waals surface area contributed by atoms with Gasteiger partial charge in [0.05, 0.1) is 0 Å². The first-order valence-corrected chi connectivity index (χ1v) is 7.32. The predicted molar refractivity (Wildman–Crippen MR) is 84.5 cm³/mol. The van der Waals surface area contributed by atoms with Crippen molar-refractivity contribution in [2.75, 3.05) is 0 Å². The maximum Gasteiger partial charge on any atom is 0.123 e. The van der Waals surface area contributed by atoms with Gasteiger partial charge < -0.3 is 10.5 Å². The minimum Gasteiger partial charge on any atom is -0.489 e. The molecule has 0 fully saturated rings. The van der Waals surface area contributed by atoms with Crippen LogP contribution in [0.2, 0.25) is 10.0 Å². The molecule has 2 rings (SSSR count). The van der Waals surface area contributed by atoms with E-state index in [1.54, 1.807) is 12.1 Å². The van der Waals surface area contributed by atoms with E-state index in [0.29, 0.717) is 27.8 Å². The largest absolute Gasteiger partial charge is 0.489 e. The number of benzene rings is 2. The second-order valence-electron chi connectivity index (χ2n) is 4.96. The summed E-state index contributed by atoms with van der Waals surface area (Å²) in [5.41, 5.74) is 7.34. The molecule has 112 valence electrons. The van der Waals surface area contributed by atoms with E-state index in [1.807, 2.05) is 13.0 Å². The summed E-state index contributed by atoms with van der Waals surface area (Å²) in [6.45, 7) is 2.10. The molecule has 0 aliphatic carbocycles. The fraction of sp³-hybridized carbons (Fsp3) is 0.250. The van der Waals surface area contributed by atoms with E-state index in [2.05, 4.69) is 0 Å². The van der Waals surface area contributed by atoms with Crippen LogP contribution in [-0.4, -0.2) is 6.04 Å². The molecule has 5 heteroatoms. The molecule has 0 aliphatic heterocycles. The molecular formula is C16H16Cl2FNO. The third kappa shape index (κ3) is 4.60. The van der Waals surface area contributed by atoms with Gasteiger partial charge in [0.1, 0.15) is 18.2 Å². The molecule has 2 aromatic rings.